The number of anilines is 1. The average Bonchev–Trinajstić information content (AvgIpc) is 3.09. The molecule has 0 fully saturated rings. The fraction of sp³-hybridized carbons (Fsp3) is 0.176. The number of rotatable bonds is 4. The molecule has 3 aromatic rings. The predicted molar refractivity (Wildman–Crippen MR) is 91.2 cm³/mol. The molecule has 0 saturated heterocycles. The summed E-state index contributed by atoms with van der Waals surface area (Å²) < 4.78 is 32.5. The Morgan fingerprint density at radius 1 is 1.04 bits per heavy atom. The highest BCUT2D eigenvalue weighted by molar-refractivity contribution is 7.92. The summed E-state index contributed by atoms with van der Waals surface area (Å²) in [4.78, 5) is 8.03. The molecule has 0 radical (unpaired) electrons. The summed E-state index contributed by atoms with van der Waals surface area (Å²) in [5.41, 5.74) is 2.83. The van der Waals surface area contributed by atoms with E-state index in [-0.39, 0.29) is 4.90 Å². The van der Waals surface area contributed by atoms with Gasteiger partial charge in [-0.2, -0.15) is 0 Å². The van der Waals surface area contributed by atoms with Crippen molar-refractivity contribution in [2.75, 3.05) is 11.4 Å². The van der Waals surface area contributed by atoms with Crippen molar-refractivity contribution in [2.24, 2.45) is 0 Å². The molecular weight excluding hydrogens is 326 g/mol. The molecule has 0 aliphatic rings. The minimum atomic E-state index is -3.71. The number of sulfonamides is 1. The topological polar surface area (TPSA) is 76.3 Å². The van der Waals surface area contributed by atoms with Gasteiger partial charge in [0.05, 0.1) is 11.9 Å². The van der Waals surface area contributed by atoms with Gasteiger partial charge in [-0.3, -0.25) is 9.29 Å². The molecule has 0 aliphatic heterocycles. The second-order valence-electron chi connectivity index (χ2n) is 5.48. The van der Waals surface area contributed by atoms with E-state index in [0.29, 0.717) is 17.0 Å². The standard InChI is InChI=1S/C17H17N3O3S/c1-12-4-5-14(16-9-19-11-23-16)8-15(12)20(3)24(21,22)17-10-18-7-6-13(17)2/h4-11H,1-3H3. The summed E-state index contributed by atoms with van der Waals surface area (Å²) in [6, 6.07) is 7.18. The van der Waals surface area contributed by atoms with E-state index in [0.717, 1.165) is 11.1 Å². The number of hydrogen-bond acceptors (Lipinski definition) is 5. The molecule has 0 amide bonds. The second kappa shape index (κ2) is 6.09. The quantitative estimate of drug-likeness (QED) is 0.727. The molecule has 2 aromatic heterocycles. The van der Waals surface area contributed by atoms with Gasteiger partial charge in [0.2, 0.25) is 0 Å². The summed E-state index contributed by atoms with van der Waals surface area (Å²) in [5, 5.41) is 0. The molecule has 7 heteroatoms. The van der Waals surface area contributed by atoms with Crippen LogP contribution in [-0.4, -0.2) is 25.4 Å². The molecule has 1 aromatic carbocycles. The molecule has 24 heavy (non-hydrogen) atoms. The fourth-order valence-electron chi connectivity index (χ4n) is 2.46. The molecule has 2 heterocycles. The van der Waals surface area contributed by atoms with E-state index in [2.05, 4.69) is 9.97 Å². The Morgan fingerprint density at radius 2 is 1.83 bits per heavy atom. The lowest BCUT2D eigenvalue weighted by Crippen LogP contribution is -2.28. The molecule has 0 spiro atoms. The van der Waals surface area contributed by atoms with Crippen LogP contribution in [-0.2, 0) is 10.0 Å². The van der Waals surface area contributed by atoms with E-state index < -0.39 is 10.0 Å². The van der Waals surface area contributed by atoms with Gasteiger partial charge in [0, 0.05) is 25.0 Å². The van der Waals surface area contributed by atoms with E-state index in [1.54, 1.807) is 31.5 Å². The number of aryl methyl sites for hydroxylation is 2. The summed E-state index contributed by atoms with van der Waals surface area (Å²) in [5.74, 6) is 0.583. The lowest BCUT2D eigenvalue weighted by atomic mass is 10.1. The first-order chi connectivity index (χ1) is 11.4. The number of pyridine rings is 1. The third kappa shape index (κ3) is 2.78. The lowest BCUT2D eigenvalue weighted by Gasteiger charge is -2.22. The van der Waals surface area contributed by atoms with Crippen molar-refractivity contribution in [3.05, 3.63) is 60.4 Å². The SMILES string of the molecule is Cc1ccc(-c2cnco2)cc1N(C)S(=O)(=O)c1cnccc1C. The van der Waals surface area contributed by atoms with Crippen molar-refractivity contribution in [2.45, 2.75) is 18.7 Å². The maximum atomic E-state index is 13.0. The zero-order valence-electron chi connectivity index (χ0n) is 13.6. The van der Waals surface area contributed by atoms with Crippen LogP contribution >= 0.6 is 0 Å². The molecular formula is C17H17N3O3S. The largest absolute Gasteiger partial charge is 0.444 e. The molecule has 6 nitrogen and oxygen atoms in total. The summed E-state index contributed by atoms with van der Waals surface area (Å²) in [6.45, 7) is 3.61. The maximum Gasteiger partial charge on any atom is 0.265 e. The predicted octanol–water partition coefficient (Wildman–Crippen LogP) is 3.18. The van der Waals surface area contributed by atoms with E-state index in [1.807, 2.05) is 19.1 Å². The Balaban J connectivity index is 2.08. The van der Waals surface area contributed by atoms with Gasteiger partial charge < -0.3 is 4.42 Å². The highest BCUT2D eigenvalue weighted by Crippen LogP contribution is 2.30. The minimum Gasteiger partial charge on any atom is -0.444 e. The molecule has 0 atom stereocenters. The van der Waals surface area contributed by atoms with Crippen LogP contribution in [0.25, 0.3) is 11.3 Å². The molecule has 0 saturated carbocycles. The molecule has 0 aliphatic carbocycles. The van der Waals surface area contributed by atoms with Crippen LogP contribution in [0.3, 0.4) is 0 Å². The van der Waals surface area contributed by atoms with Crippen LogP contribution in [0.2, 0.25) is 0 Å². The number of aromatic nitrogens is 2. The molecule has 0 unspecified atom stereocenters. The van der Waals surface area contributed by atoms with E-state index in [1.165, 1.54) is 23.9 Å². The average molecular weight is 343 g/mol. The van der Waals surface area contributed by atoms with Crippen LogP contribution < -0.4 is 4.31 Å². The van der Waals surface area contributed by atoms with Gasteiger partial charge in [0.15, 0.2) is 12.2 Å². The van der Waals surface area contributed by atoms with Gasteiger partial charge in [0.25, 0.3) is 10.0 Å². The van der Waals surface area contributed by atoms with Crippen LogP contribution in [0.15, 0.2) is 58.6 Å². The Hall–Kier alpha value is -2.67. The highest BCUT2D eigenvalue weighted by atomic mass is 32.2. The van der Waals surface area contributed by atoms with Crippen LogP contribution in [0, 0.1) is 13.8 Å². The van der Waals surface area contributed by atoms with E-state index in [9.17, 15) is 8.42 Å². The van der Waals surface area contributed by atoms with Gasteiger partial charge >= 0.3 is 0 Å². The van der Waals surface area contributed by atoms with Crippen molar-refractivity contribution >= 4 is 15.7 Å². The fourth-order valence-corrected chi connectivity index (χ4v) is 3.88. The Kier molecular flexibility index (Phi) is 4.11. The Labute approximate surface area is 140 Å². The third-order valence-electron chi connectivity index (χ3n) is 3.89. The van der Waals surface area contributed by atoms with Gasteiger partial charge in [-0.1, -0.05) is 12.1 Å². The van der Waals surface area contributed by atoms with Crippen LogP contribution in [0.1, 0.15) is 11.1 Å². The first kappa shape index (κ1) is 16.2. The Bertz CT molecular complexity index is 967. The number of benzene rings is 1. The summed E-state index contributed by atoms with van der Waals surface area (Å²) >= 11 is 0. The van der Waals surface area contributed by atoms with Gasteiger partial charge in [-0.25, -0.2) is 13.4 Å². The normalized spacial score (nSPS) is 11.5. The third-order valence-corrected chi connectivity index (χ3v) is 5.80. The summed E-state index contributed by atoms with van der Waals surface area (Å²) in [7, 11) is -2.17. The van der Waals surface area contributed by atoms with Gasteiger partial charge in [-0.15, -0.1) is 0 Å². The van der Waals surface area contributed by atoms with Crippen LogP contribution in [0.5, 0.6) is 0 Å². The lowest BCUT2D eigenvalue weighted by molar-refractivity contribution is 0.572. The van der Waals surface area contributed by atoms with Gasteiger partial charge in [0.1, 0.15) is 4.90 Å². The van der Waals surface area contributed by atoms with Crippen molar-refractivity contribution in [3.8, 4) is 11.3 Å². The summed E-state index contributed by atoms with van der Waals surface area (Å²) in [6.07, 6.45) is 5.88. The minimum absolute atomic E-state index is 0.192. The van der Waals surface area contributed by atoms with Crippen LogP contribution in [0.4, 0.5) is 5.69 Å². The highest BCUT2D eigenvalue weighted by Gasteiger charge is 2.25. The first-order valence-corrected chi connectivity index (χ1v) is 8.74. The monoisotopic (exact) mass is 343 g/mol. The van der Waals surface area contributed by atoms with Gasteiger partial charge in [-0.05, 0) is 37.1 Å². The maximum absolute atomic E-state index is 13.0. The zero-order valence-corrected chi connectivity index (χ0v) is 14.4. The smallest absolute Gasteiger partial charge is 0.265 e. The van der Waals surface area contributed by atoms with E-state index in [4.69, 9.17) is 4.42 Å². The first-order valence-electron chi connectivity index (χ1n) is 7.30. The van der Waals surface area contributed by atoms with Crippen molar-refractivity contribution in [1.29, 1.82) is 0 Å². The number of oxazole rings is 1. The van der Waals surface area contributed by atoms with Crippen molar-refractivity contribution in [3.63, 3.8) is 0 Å². The number of nitrogens with zero attached hydrogens (tertiary/aromatic N) is 3. The molecule has 124 valence electrons. The van der Waals surface area contributed by atoms with Crippen molar-refractivity contribution in [1.82, 2.24) is 9.97 Å². The molecule has 0 N–H and O–H groups in total. The molecule has 0 bridgehead atoms. The Morgan fingerprint density at radius 3 is 2.50 bits per heavy atom. The second-order valence-corrected chi connectivity index (χ2v) is 7.42. The van der Waals surface area contributed by atoms with Crippen molar-refractivity contribution < 1.29 is 12.8 Å². The zero-order chi connectivity index (χ0) is 17.3. The number of hydrogen-bond donors (Lipinski definition) is 0. The van der Waals surface area contributed by atoms with E-state index >= 15 is 0 Å². The molecule has 3 rings (SSSR count).